The second-order valence-corrected chi connectivity index (χ2v) is 4.68. The molecule has 4 heteroatoms. The van der Waals surface area contributed by atoms with Crippen molar-refractivity contribution in [3.8, 4) is 5.75 Å². The number of ether oxygens (including phenoxy) is 1. The summed E-state index contributed by atoms with van der Waals surface area (Å²) in [5.41, 5.74) is 1.000. The monoisotopic (exact) mass is 271 g/mol. The summed E-state index contributed by atoms with van der Waals surface area (Å²) in [6.07, 6.45) is 0.678. The maximum Gasteiger partial charge on any atom is 0.254 e. The van der Waals surface area contributed by atoms with Gasteiger partial charge in [-0.3, -0.25) is 4.79 Å². The second kappa shape index (κ2) is 5.33. The molecule has 0 saturated carbocycles. The average molecular weight is 271 g/mol. The Morgan fingerprint density at radius 2 is 1.90 bits per heavy atom. The highest BCUT2D eigenvalue weighted by atomic mass is 19.1. The predicted molar refractivity (Wildman–Crippen MR) is 73.2 cm³/mol. The number of benzene rings is 2. The first-order valence-corrected chi connectivity index (χ1v) is 6.53. The molecule has 0 saturated heterocycles. The summed E-state index contributed by atoms with van der Waals surface area (Å²) in [7, 11) is 0. The zero-order chi connectivity index (χ0) is 13.9. The lowest BCUT2D eigenvalue weighted by atomic mass is 10.00. The first-order valence-electron chi connectivity index (χ1n) is 6.53. The molecule has 1 aliphatic rings. The zero-order valence-corrected chi connectivity index (χ0v) is 10.8. The molecule has 0 aliphatic carbocycles. The highest BCUT2D eigenvalue weighted by Crippen LogP contribution is 2.31. The van der Waals surface area contributed by atoms with Crippen LogP contribution in [0.4, 0.5) is 4.39 Å². The van der Waals surface area contributed by atoms with Crippen LogP contribution in [0, 0.1) is 5.82 Å². The molecule has 20 heavy (non-hydrogen) atoms. The molecule has 1 aliphatic heterocycles. The standard InChI is InChI=1S/C16H14FNO2/c17-13-7-3-1-5-11(13)16(19)18-14-9-10-20-15-8-4-2-6-12(14)15/h1-8,14H,9-10H2,(H,18,19)/t14-/m1/s1. The Hall–Kier alpha value is -2.36. The molecule has 2 aromatic rings. The van der Waals surface area contributed by atoms with E-state index in [0.29, 0.717) is 13.0 Å². The van der Waals surface area contributed by atoms with E-state index >= 15 is 0 Å². The molecule has 0 aromatic heterocycles. The van der Waals surface area contributed by atoms with Crippen molar-refractivity contribution in [1.29, 1.82) is 0 Å². The number of rotatable bonds is 2. The SMILES string of the molecule is O=C(N[C@@H]1CCOc2ccccc21)c1ccccc1F. The third kappa shape index (κ3) is 2.37. The summed E-state index contributed by atoms with van der Waals surface area (Å²) in [6, 6.07) is 13.4. The van der Waals surface area contributed by atoms with Gasteiger partial charge in [0.25, 0.3) is 5.91 Å². The Kier molecular flexibility index (Phi) is 3.37. The van der Waals surface area contributed by atoms with Crippen LogP contribution in [0.25, 0.3) is 0 Å². The molecule has 2 aromatic carbocycles. The van der Waals surface area contributed by atoms with Crippen LogP contribution in [-0.4, -0.2) is 12.5 Å². The number of para-hydroxylation sites is 1. The van der Waals surface area contributed by atoms with Gasteiger partial charge in [-0.1, -0.05) is 30.3 Å². The van der Waals surface area contributed by atoms with E-state index in [-0.39, 0.29) is 11.6 Å². The minimum absolute atomic E-state index is 0.0662. The van der Waals surface area contributed by atoms with Crippen LogP contribution in [0.5, 0.6) is 5.75 Å². The maximum absolute atomic E-state index is 13.6. The number of fused-ring (bicyclic) bond motifs is 1. The molecular weight excluding hydrogens is 257 g/mol. The molecule has 0 unspecified atom stereocenters. The van der Waals surface area contributed by atoms with Gasteiger partial charge in [0.05, 0.1) is 18.2 Å². The van der Waals surface area contributed by atoms with Gasteiger partial charge in [0.15, 0.2) is 0 Å². The van der Waals surface area contributed by atoms with Crippen molar-refractivity contribution < 1.29 is 13.9 Å². The van der Waals surface area contributed by atoms with Gasteiger partial charge in [-0.15, -0.1) is 0 Å². The first-order chi connectivity index (χ1) is 9.75. The molecule has 1 atom stereocenters. The fourth-order valence-corrected chi connectivity index (χ4v) is 2.37. The zero-order valence-electron chi connectivity index (χ0n) is 10.8. The quantitative estimate of drug-likeness (QED) is 0.911. The number of hydrogen-bond donors (Lipinski definition) is 1. The number of hydrogen-bond acceptors (Lipinski definition) is 2. The number of carbonyl (C=O) groups excluding carboxylic acids is 1. The lowest BCUT2D eigenvalue weighted by Crippen LogP contribution is -2.32. The van der Waals surface area contributed by atoms with Crippen molar-refractivity contribution in [3.63, 3.8) is 0 Å². The third-order valence-corrected chi connectivity index (χ3v) is 3.38. The number of amides is 1. The predicted octanol–water partition coefficient (Wildman–Crippen LogP) is 3.08. The van der Waals surface area contributed by atoms with Crippen LogP contribution in [0.15, 0.2) is 48.5 Å². The van der Waals surface area contributed by atoms with E-state index in [9.17, 15) is 9.18 Å². The molecule has 3 rings (SSSR count). The molecular formula is C16H14FNO2. The van der Waals surface area contributed by atoms with E-state index < -0.39 is 11.7 Å². The van der Waals surface area contributed by atoms with Crippen LogP contribution in [0.2, 0.25) is 0 Å². The van der Waals surface area contributed by atoms with Crippen molar-refractivity contribution in [3.05, 3.63) is 65.5 Å². The summed E-state index contributed by atoms with van der Waals surface area (Å²) in [5, 5.41) is 2.87. The van der Waals surface area contributed by atoms with E-state index in [2.05, 4.69) is 5.32 Å². The van der Waals surface area contributed by atoms with Crippen LogP contribution >= 0.6 is 0 Å². The van der Waals surface area contributed by atoms with Gasteiger partial charge in [-0.05, 0) is 18.2 Å². The van der Waals surface area contributed by atoms with Crippen LogP contribution < -0.4 is 10.1 Å². The first kappa shape index (κ1) is 12.7. The molecule has 1 amide bonds. The molecule has 0 spiro atoms. The van der Waals surface area contributed by atoms with Gasteiger partial charge in [0.1, 0.15) is 11.6 Å². The average Bonchev–Trinajstić information content (AvgIpc) is 2.48. The van der Waals surface area contributed by atoms with Crippen molar-refractivity contribution in [2.45, 2.75) is 12.5 Å². The maximum atomic E-state index is 13.6. The lowest BCUT2D eigenvalue weighted by Gasteiger charge is -2.26. The highest BCUT2D eigenvalue weighted by Gasteiger charge is 2.23. The van der Waals surface area contributed by atoms with E-state index in [1.807, 2.05) is 24.3 Å². The minimum atomic E-state index is -0.509. The van der Waals surface area contributed by atoms with E-state index in [4.69, 9.17) is 4.74 Å². The normalized spacial score (nSPS) is 16.9. The third-order valence-electron chi connectivity index (χ3n) is 3.38. The Bertz CT molecular complexity index is 642. The highest BCUT2D eigenvalue weighted by molar-refractivity contribution is 5.94. The fourth-order valence-electron chi connectivity index (χ4n) is 2.37. The van der Waals surface area contributed by atoms with Gasteiger partial charge in [-0.2, -0.15) is 0 Å². The van der Waals surface area contributed by atoms with Crippen molar-refractivity contribution in [1.82, 2.24) is 5.32 Å². The topological polar surface area (TPSA) is 38.3 Å². The Balaban J connectivity index is 1.83. The summed E-state index contributed by atoms with van der Waals surface area (Å²) in [6.45, 7) is 0.541. The summed E-state index contributed by atoms with van der Waals surface area (Å²) < 4.78 is 19.1. The number of carbonyl (C=O) groups is 1. The largest absolute Gasteiger partial charge is 0.493 e. The Labute approximate surface area is 116 Å². The van der Waals surface area contributed by atoms with E-state index in [1.165, 1.54) is 12.1 Å². The Morgan fingerprint density at radius 3 is 2.75 bits per heavy atom. The number of nitrogens with one attached hydrogen (secondary N) is 1. The van der Waals surface area contributed by atoms with E-state index in [1.54, 1.807) is 12.1 Å². The Morgan fingerprint density at radius 1 is 1.15 bits per heavy atom. The molecule has 1 heterocycles. The number of halogens is 1. The van der Waals surface area contributed by atoms with Crippen LogP contribution in [-0.2, 0) is 0 Å². The van der Waals surface area contributed by atoms with Crippen molar-refractivity contribution in [2.75, 3.05) is 6.61 Å². The van der Waals surface area contributed by atoms with Gasteiger partial charge >= 0.3 is 0 Å². The van der Waals surface area contributed by atoms with Gasteiger partial charge < -0.3 is 10.1 Å². The van der Waals surface area contributed by atoms with E-state index in [0.717, 1.165) is 11.3 Å². The lowest BCUT2D eigenvalue weighted by molar-refractivity contribution is 0.0920. The summed E-state index contributed by atoms with van der Waals surface area (Å²) in [4.78, 5) is 12.2. The minimum Gasteiger partial charge on any atom is -0.493 e. The smallest absolute Gasteiger partial charge is 0.254 e. The molecule has 0 bridgehead atoms. The molecule has 0 fully saturated rings. The van der Waals surface area contributed by atoms with Crippen molar-refractivity contribution in [2.24, 2.45) is 0 Å². The van der Waals surface area contributed by atoms with Gasteiger partial charge in [0.2, 0.25) is 0 Å². The summed E-state index contributed by atoms with van der Waals surface area (Å²) >= 11 is 0. The fraction of sp³-hybridized carbons (Fsp3) is 0.188. The van der Waals surface area contributed by atoms with Gasteiger partial charge in [0, 0.05) is 12.0 Å². The molecule has 102 valence electrons. The molecule has 0 radical (unpaired) electrons. The molecule has 3 nitrogen and oxygen atoms in total. The summed E-state index contributed by atoms with van der Waals surface area (Å²) in [5.74, 6) is -0.132. The van der Waals surface area contributed by atoms with Crippen LogP contribution in [0.3, 0.4) is 0 Å². The second-order valence-electron chi connectivity index (χ2n) is 4.68. The van der Waals surface area contributed by atoms with Crippen molar-refractivity contribution >= 4 is 5.91 Å². The van der Waals surface area contributed by atoms with Crippen LogP contribution in [0.1, 0.15) is 28.4 Å². The molecule has 1 N–H and O–H groups in total. The van der Waals surface area contributed by atoms with Gasteiger partial charge in [-0.25, -0.2) is 4.39 Å².